The van der Waals surface area contributed by atoms with Gasteiger partial charge in [0.05, 0.1) is 12.5 Å². The van der Waals surface area contributed by atoms with E-state index in [0.29, 0.717) is 12.5 Å². The van der Waals surface area contributed by atoms with Crippen LogP contribution in [-0.4, -0.2) is 12.4 Å². The second-order valence-electron chi connectivity index (χ2n) is 5.03. The van der Waals surface area contributed by atoms with E-state index < -0.39 is 0 Å². The number of benzene rings is 1. The van der Waals surface area contributed by atoms with E-state index in [1.54, 1.807) is 0 Å². The van der Waals surface area contributed by atoms with Crippen LogP contribution in [-0.2, 0) is 4.79 Å². The van der Waals surface area contributed by atoms with Gasteiger partial charge >= 0.3 is 0 Å². The number of hydrogen-bond donors (Lipinski definition) is 0. The molecule has 94 valence electrons. The molecule has 1 aromatic rings. The molecular weight excluding hydrogens is 212 g/mol. The van der Waals surface area contributed by atoms with E-state index in [2.05, 4.69) is 13.8 Å². The summed E-state index contributed by atoms with van der Waals surface area (Å²) in [5.41, 5.74) is 0. The van der Waals surface area contributed by atoms with Crippen molar-refractivity contribution in [3.05, 3.63) is 30.3 Å². The van der Waals surface area contributed by atoms with Crippen molar-refractivity contribution in [3.63, 3.8) is 0 Å². The molecule has 0 amide bonds. The lowest BCUT2D eigenvalue weighted by Gasteiger charge is -2.21. The van der Waals surface area contributed by atoms with Crippen molar-refractivity contribution in [3.8, 4) is 5.75 Å². The highest BCUT2D eigenvalue weighted by Crippen LogP contribution is 2.19. The Morgan fingerprint density at radius 1 is 1.12 bits per heavy atom. The second-order valence-corrected chi connectivity index (χ2v) is 5.03. The third-order valence-electron chi connectivity index (χ3n) is 2.91. The minimum atomic E-state index is -0.0183. The van der Waals surface area contributed by atoms with Gasteiger partial charge in [0.1, 0.15) is 11.5 Å². The van der Waals surface area contributed by atoms with Gasteiger partial charge in [0, 0.05) is 5.92 Å². The second kappa shape index (κ2) is 6.43. The molecule has 2 nitrogen and oxygen atoms in total. The number of carbonyl (C=O) groups excluding carboxylic acids is 1. The molecule has 0 heterocycles. The fourth-order valence-corrected chi connectivity index (χ4v) is 1.73. The summed E-state index contributed by atoms with van der Waals surface area (Å²) in [5.74, 6) is 1.48. The molecule has 0 spiro atoms. The van der Waals surface area contributed by atoms with Gasteiger partial charge in [-0.1, -0.05) is 45.9 Å². The Labute approximate surface area is 104 Å². The molecule has 1 rings (SSSR count). The number of ether oxygens (including phenoxy) is 1. The monoisotopic (exact) mass is 234 g/mol. The first kappa shape index (κ1) is 13.8. The fraction of sp³-hybridized carbons (Fsp3) is 0.533. The van der Waals surface area contributed by atoms with Crippen LogP contribution in [0.15, 0.2) is 30.3 Å². The maximum atomic E-state index is 12.0. The van der Waals surface area contributed by atoms with Gasteiger partial charge in [0.25, 0.3) is 0 Å². The summed E-state index contributed by atoms with van der Waals surface area (Å²) in [7, 11) is 0. The highest BCUT2D eigenvalue weighted by molar-refractivity contribution is 5.83. The number of ketones is 1. The predicted octanol–water partition coefficient (Wildman–Crippen LogP) is 3.56. The van der Waals surface area contributed by atoms with Crippen molar-refractivity contribution >= 4 is 5.78 Å². The fourth-order valence-electron chi connectivity index (χ4n) is 1.73. The van der Waals surface area contributed by atoms with Gasteiger partial charge < -0.3 is 4.74 Å². The molecule has 1 atom stereocenters. The SMILES string of the molecule is CC(C)C(=O)C(COc1ccccc1)C(C)C. The number of Topliss-reactive ketones (excluding diaryl/α,β-unsaturated/α-hetero) is 1. The topological polar surface area (TPSA) is 26.3 Å². The lowest BCUT2D eigenvalue weighted by atomic mass is 9.87. The molecule has 17 heavy (non-hydrogen) atoms. The minimum Gasteiger partial charge on any atom is -0.493 e. The Morgan fingerprint density at radius 2 is 1.71 bits per heavy atom. The van der Waals surface area contributed by atoms with E-state index in [9.17, 15) is 4.79 Å². The molecule has 0 aromatic heterocycles. The van der Waals surface area contributed by atoms with Crippen LogP contribution in [0, 0.1) is 17.8 Å². The van der Waals surface area contributed by atoms with Crippen LogP contribution in [0.3, 0.4) is 0 Å². The van der Waals surface area contributed by atoms with Crippen LogP contribution in [0.2, 0.25) is 0 Å². The average Bonchev–Trinajstić information content (AvgIpc) is 2.29. The lowest BCUT2D eigenvalue weighted by Crippen LogP contribution is -2.30. The van der Waals surface area contributed by atoms with Gasteiger partial charge in [-0.15, -0.1) is 0 Å². The van der Waals surface area contributed by atoms with E-state index in [1.165, 1.54) is 0 Å². The van der Waals surface area contributed by atoms with Gasteiger partial charge in [-0.2, -0.15) is 0 Å². The summed E-state index contributed by atoms with van der Waals surface area (Å²) < 4.78 is 5.68. The van der Waals surface area contributed by atoms with Crippen LogP contribution in [0.25, 0.3) is 0 Å². The molecule has 0 aliphatic rings. The Kier molecular flexibility index (Phi) is 5.20. The Morgan fingerprint density at radius 3 is 2.18 bits per heavy atom. The maximum absolute atomic E-state index is 12.0. The van der Waals surface area contributed by atoms with Gasteiger partial charge in [0.2, 0.25) is 0 Å². The number of rotatable bonds is 6. The van der Waals surface area contributed by atoms with Crippen molar-refractivity contribution < 1.29 is 9.53 Å². The van der Waals surface area contributed by atoms with E-state index in [4.69, 9.17) is 4.74 Å². The Hall–Kier alpha value is -1.31. The number of carbonyl (C=O) groups is 1. The molecule has 0 bridgehead atoms. The molecule has 0 saturated heterocycles. The first-order chi connectivity index (χ1) is 8.02. The highest BCUT2D eigenvalue weighted by atomic mass is 16.5. The molecule has 0 saturated carbocycles. The molecule has 0 aliphatic heterocycles. The highest BCUT2D eigenvalue weighted by Gasteiger charge is 2.24. The quantitative estimate of drug-likeness (QED) is 0.752. The minimum absolute atomic E-state index is 0.0183. The van der Waals surface area contributed by atoms with E-state index in [1.807, 2.05) is 44.2 Å². The molecular formula is C15H22O2. The summed E-state index contributed by atoms with van der Waals surface area (Å²) >= 11 is 0. The van der Waals surface area contributed by atoms with Crippen LogP contribution < -0.4 is 4.74 Å². The summed E-state index contributed by atoms with van der Waals surface area (Å²) in [6.07, 6.45) is 0. The maximum Gasteiger partial charge on any atom is 0.142 e. The Bertz CT molecular complexity index is 341. The number of hydrogen-bond acceptors (Lipinski definition) is 2. The van der Waals surface area contributed by atoms with E-state index >= 15 is 0 Å². The molecule has 0 radical (unpaired) electrons. The van der Waals surface area contributed by atoms with Crippen LogP contribution >= 0.6 is 0 Å². The van der Waals surface area contributed by atoms with Crippen molar-refractivity contribution in [2.45, 2.75) is 27.7 Å². The van der Waals surface area contributed by atoms with Crippen molar-refractivity contribution in [1.82, 2.24) is 0 Å². The lowest BCUT2D eigenvalue weighted by molar-refractivity contribution is -0.128. The predicted molar refractivity (Wildman–Crippen MR) is 70.1 cm³/mol. The molecule has 0 aliphatic carbocycles. The first-order valence-corrected chi connectivity index (χ1v) is 6.24. The summed E-state index contributed by atoms with van der Waals surface area (Å²) in [6, 6.07) is 9.65. The smallest absolute Gasteiger partial charge is 0.142 e. The zero-order chi connectivity index (χ0) is 12.8. The Balaban J connectivity index is 2.60. The van der Waals surface area contributed by atoms with Gasteiger partial charge in [-0.25, -0.2) is 0 Å². The van der Waals surface area contributed by atoms with Gasteiger partial charge in [-0.3, -0.25) is 4.79 Å². The normalized spacial score (nSPS) is 12.8. The van der Waals surface area contributed by atoms with Crippen LogP contribution in [0.1, 0.15) is 27.7 Å². The largest absolute Gasteiger partial charge is 0.493 e. The number of para-hydroxylation sites is 1. The zero-order valence-electron chi connectivity index (χ0n) is 11.1. The molecule has 2 heteroatoms. The van der Waals surface area contributed by atoms with Crippen molar-refractivity contribution in [1.29, 1.82) is 0 Å². The van der Waals surface area contributed by atoms with E-state index in [0.717, 1.165) is 5.75 Å². The van der Waals surface area contributed by atoms with Gasteiger partial charge in [-0.05, 0) is 18.1 Å². The molecule has 1 aromatic carbocycles. The molecule has 0 fully saturated rings. The average molecular weight is 234 g/mol. The zero-order valence-corrected chi connectivity index (χ0v) is 11.1. The molecule has 1 unspecified atom stereocenters. The van der Waals surface area contributed by atoms with Crippen LogP contribution in [0.4, 0.5) is 0 Å². The summed E-state index contributed by atoms with van der Waals surface area (Å²) in [5, 5.41) is 0. The third-order valence-corrected chi connectivity index (χ3v) is 2.91. The molecule has 0 N–H and O–H groups in total. The summed E-state index contributed by atoms with van der Waals surface area (Å²) in [6.45, 7) is 8.50. The van der Waals surface area contributed by atoms with Crippen molar-refractivity contribution in [2.75, 3.05) is 6.61 Å². The van der Waals surface area contributed by atoms with E-state index in [-0.39, 0.29) is 17.6 Å². The van der Waals surface area contributed by atoms with Crippen LogP contribution in [0.5, 0.6) is 5.75 Å². The summed E-state index contributed by atoms with van der Waals surface area (Å²) in [4.78, 5) is 12.0. The standard InChI is InChI=1S/C15H22O2/c1-11(2)14(15(16)12(3)4)10-17-13-8-6-5-7-9-13/h5-9,11-12,14H,10H2,1-4H3. The van der Waals surface area contributed by atoms with Gasteiger partial charge in [0.15, 0.2) is 0 Å². The third kappa shape index (κ3) is 4.22. The first-order valence-electron chi connectivity index (χ1n) is 6.24. The van der Waals surface area contributed by atoms with Crippen molar-refractivity contribution in [2.24, 2.45) is 17.8 Å².